The van der Waals surface area contributed by atoms with E-state index in [1.54, 1.807) is 0 Å². The number of amides is 2. The van der Waals surface area contributed by atoms with E-state index in [9.17, 15) is 9.59 Å². The van der Waals surface area contributed by atoms with Crippen molar-refractivity contribution < 1.29 is 18.9 Å². The van der Waals surface area contributed by atoms with Crippen LogP contribution in [0.5, 0.6) is 0 Å². The van der Waals surface area contributed by atoms with Gasteiger partial charge < -0.3 is 9.31 Å². The first kappa shape index (κ1) is 12.1. The second-order valence-corrected chi connectivity index (χ2v) is 4.44. The summed E-state index contributed by atoms with van der Waals surface area (Å²) in [4.78, 5) is 24.3. The lowest BCUT2D eigenvalue weighted by atomic mass is 9.78. The van der Waals surface area contributed by atoms with Crippen LogP contribution >= 0.6 is 0 Å². The van der Waals surface area contributed by atoms with E-state index in [2.05, 4.69) is 0 Å². The lowest BCUT2D eigenvalue weighted by molar-refractivity contribution is -0.142. The van der Waals surface area contributed by atoms with Crippen molar-refractivity contribution in [2.45, 2.75) is 6.04 Å². The van der Waals surface area contributed by atoms with Crippen molar-refractivity contribution in [2.75, 3.05) is 13.2 Å². The van der Waals surface area contributed by atoms with Crippen molar-refractivity contribution in [2.24, 2.45) is 0 Å². The molecule has 5 nitrogen and oxygen atoms in total. The number of hydrogen-bond acceptors (Lipinski definition) is 4. The van der Waals surface area contributed by atoms with Crippen LogP contribution in [0.25, 0.3) is 0 Å². The predicted molar refractivity (Wildman–Crippen MR) is 68.5 cm³/mol. The second-order valence-electron chi connectivity index (χ2n) is 4.44. The van der Waals surface area contributed by atoms with Gasteiger partial charge in [-0.25, -0.2) is 0 Å². The van der Waals surface area contributed by atoms with Gasteiger partial charge in [-0.15, -0.1) is 0 Å². The molecule has 0 atom stereocenters. The molecule has 0 spiro atoms. The van der Waals surface area contributed by atoms with Crippen LogP contribution in [0.4, 0.5) is 0 Å². The summed E-state index contributed by atoms with van der Waals surface area (Å²) in [6.45, 7) is 0.581. The highest BCUT2D eigenvalue weighted by molar-refractivity contribution is 6.61. The summed E-state index contributed by atoms with van der Waals surface area (Å²) < 4.78 is 11.2. The maximum Gasteiger partial charge on any atom is 0.494 e. The molecule has 0 bridgehead atoms. The van der Waals surface area contributed by atoms with Crippen LogP contribution in [0.15, 0.2) is 42.5 Å². The molecule has 1 saturated heterocycles. The molecule has 2 heterocycles. The minimum atomic E-state index is -0.432. The molecule has 2 aliphatic rings. The molecule has 2 aliphatic heterocycles. The van der Waals surface area contributed by atoms with Crippen molar-refractivity contribution in [3.63, 3.8) is 0 Å². The highest BCUT2D eigenvalue weighted by Crippen LogP contribution is 2.14. The zero-order valence-electron chi connectivity index (χ0n) is 10.2. The molecular weight excluding hydrogens is 245 g/mol. The van der Waals surface area contributed by atoms with Gasteiger partial charge in [-0.2, -0.15) is 0 Å². The van der Waals surface area contributed by atoms with Crippen molar-refractivity contribution in [3.05, 3.63) is 42.5 Å². The highest BCUT2D eigenvalue weighted by Gasteiger charge is 2.37. The van der Waals surface area contributed by atoms with Crippen LogP contribution in [-0.4, -0.2) is 43.1 Å². The van der Waals surface area contributed by atoms with Crippen LogP contribution in [0.3, 0.4) is 0 Å². The first-order chi connectivity index (χ1) is 9.25. The third-order valence-corrected chi connectivity index (χ3v) is 3.16. The number of benzene rings is 1. The quantitative estimate of drug-likeness (QED) is 0.540. The van der Waals surface area contributed by atoms with Gasteiger partial charge in [-0.1, -0.05) is 30.3 Å². The lowest BCUT2D eigenvalue weighted by Gasteiger charge is -2.32. The average Bonchev–Trinajstić information content (AvgIpc) is 2.79. The topological polar surface area (TPSA) is 55.8 Å². The van der Waals surface area contributed by atoms with Gasteiger partial charge in [0.05, 0.1) is 19.3 Å². The lowest BCUT2D eigenvalue weighted by Crippen LogP contribution is -2.54. The average molecular weight is 257 g/mol. The summed E-state index contributed by atoms with van der Waals surface area (Å²) in [5, 5.41) is 0. The molecule has 0 saturated carbocycles. The summed E-state index contributed by atoms with van der Waals surface area (Å²) >= 11 is 0. The van der Waals surface area contributed by atoms with Crippen molar-refractivity contribution in [1.82, 2.24) is 4.90 Å². The molecule has 2 amide bonds. The molecule has 0 aliphatic carbocycles. The van der Waals surface area contributed by atoms with Crippen LogP contribution in [0.2, 0.25) is 0 Å². The van der Waals surface area contributed by atoms with Crippen LogP contribution in [0, 0.1) is 0 Å². The van der Waals surface area contributed by atoms with Gasteiger partial charge in [0, 0.05) is 12.2 Å². The fraction of sp³-hybridized carbons (Fsp3) is 0.231. The largest absolute Gasteiger partial charge is 0.494 e. The Labute approximate surface area is 110 Å². The van der Waals surface area contributed by atoms with Gasteiger partial charge in [-0.05, 0) is 5.46 Å². The zero-order valence-corrected chi connectivity index (χ0v) is 10.2. The molecule has 1 aromatic carbocycles. The summed E-state index contributed by atoms with van der Waals surface area (Å²) in [6.07, 6.45) is 2.54. The fourth-order valence-electron chi connectivity index (χ4n) is 2.22. The van der Waals surface area contributed by atoms with E-state index >= 15 is 0 Å². The van der Waals surface area contributed by atoms with Gasteiger partial charge in [0.2, 0.25) is 0 Å². The third kappa shape index (κ3) is 2.32. The predicted octanol–water partition coefficient (Wildman–Crippen LogP) is -0.278. The summed E-state index contributed by atoms with van der Waals surface area (Å²) in [5.74, 6) is -0.610. The van der Waals surface area contributed by atoms with E-state index < -0.39 is 7.12 Å². The van der Waals surface area contributed by atoms with Gasteiger partial charge in [-0.3, -0.25) is 14.5 Å². The summed E-state index contributed by atoms with van der Waals surface area (Å²) in [5.41, 5.74) is 0.929. The Kier molecular flexibility index (Phi) is 3.19. The van der Waals surface area contributed by atoms with Crippen molar-refractivity contribution in [1.29, 1.82) is 0 Å². The maximum absolute atomic E-state index is 11.5. The van der Waals surface area contributed by atoms with Crippen LogP contribution in [-0.2, 0) is 18.9 Å². The number of imide groups is 1. The Morgan fingerprint density at radius 3 is 2.16 bits per heavy atom. The smallest absolute Gasteiger partial charge is 0.405 e. The SMILES string of the molecule is O=C1C=CC(=O)N1C1COB(c2ccccc2)OC1. The number of carbonyl (C=O) groups excluding carboxylic acids is 2. The normalized spacial score (nSPS) is 20.4. The molecule has 0 aromatic heterocycles. The zero-order chi connectivity index (χ0) is 13.2. The maximum atomic E-state index is 11.5. The first-order valence-corrected chi connectivity index (χ1v) is 6.09. The van der Waals surface area contributed by atoms with Gasteiger partial charge in [0.15, 0.2) is 0 Å². The molecule has 0 radical (unpaired) electrons. The monoisotopic (exact) mass is 257 g/mol. The van der Waals surface area contributed by atoms with E-state index in [0.717, 1.165) is 5.46 Å². The standard InChI is InChI=1S/C13H12BNO4/c16-12-6-7-13(17)15(12)11-8-18-14(19-9-11)10-4-2-1-3-5-10/h1-7,11H,8-9H2. The van der Waals surface area contributed by atoms with E-state index in [1.165, 1.54) is 17.1 Å². The Balaban J connectivity index is 1.64. The molecule has 3 rings (SSSR count). The minimum Gasteiger partial charge on any atom is -0.405 e. The molecular formula is C13H12BNO4. The van der Waals surface area contributed by atoms with Crippen molar-refractivity contribution >= 4 is 24.4 Å². The van der Waals surface area contributed by atoms with E-state index in [1.807, 2.05) is 30.3 Å². The fourth-order valence-corrected chi connectivity index (χ4v) is 2.22. The van der Waals surface area contributed by atoms with E-state index in [4.69, 9.17) is 9.31 Å². The first-order valence-electron chi connectivity index (χ1n) is 6.09. The number of nitrogens with zero attached hydrogens (tertiary/aromatic N) is 1. The Morgan fingerprint density at radius 1 is 1.00 bits per heavy atom. The molecule has 1 aromatic rings. The molecule has 6 heteroatoms. The summed E-state index contributed by atoms with van der Waals surface area (Å²) in [7, 11) is -0.432. The highest BCUT2D eigenvalue weighted by atomic mass is 16.6. The second kappa shape index (κ2) is 4.99. The van der Waals surface area contributed by atoms with Crippen molar-refractivity contribution in [3.8, 4) is 0 Å². The molecule has 0 N–H and O–H groups in total. The molecule has 1 fully saturated rings. The number of rotatable bonds is 2. The molecule has 0 unspecified atom stereocenters. The molecule has 19 heavy (non-hydrogen) atoms. The Morgan fingerprint density at radius 2 is 1.58 bits per heavy atom. The number of hydrogen-bond donors (Lipinski definition) is 0. The van der Waals surface area contributed by atoms with Crippen LogP contribution in [0.1, 0.15) is 0 Å². The van der Waals surface area contributed by atoms with Gasteiger partial charge in [0.25, 0.3) is 11.8 Å². The molecule has 96 valence electrons. The van der Waals surface area contributed by atoms with E-state index in [0.29, 0.717) is 13.2 Å². The number of carbonyl (C=O) groups is 2. The third-order valence-electron chi connectivity index (χ3n) is 3.16. The van der Waals surface area contributed by atoms with Gasteiger partial charge in [0.1, 0.15) is 0 Å². The van der Waals surface area contributed by atoms with E-state index in [-0.39, 0.29) is 17.9 Å². The summed E-state index contributed by atoms with van der Waals surface area (Å²) in [6, 6.07) is 9.21. The van der Waals surface area contributed by atoms with Gasteiger partial charge >= 0.3 is 7.12 Å². The Hall–Kier alpha value is -1.92. The minimum absolute atomic E-state index is 0.290. The Bertz CT molecular complexity index is 505. The van der Waals surface area contributed by atoms with Crippen LogP contribution < -0.4 is 5.46 Å².